The molecular weight excluding hydrogens is 414 g/mol. The van der Waals surface area contributed by atoms with Crippen LogP contribution < -0.4 is 10.5 Å². The Balaban J connectivity index is 1.74. The lowest BCUT2D eigenvalue weighted by atomic mass is 10.1. The van der Waals surface area contributed by atoms with Crippen LogP contribution in [0.5, 0.6) is 5.75 Å². The zero-order valence-corrected chi connectivity index (χ0v) is 19.6. The molecular formula is C24H41NO7. The van der Waals surface area contributed by atoms with Crippen LogP contribution in [0.15, 0.2) is 24.3 Å². The maximum absolute atomic E-state index is 11.5. The summed E-state index contributed by atoms with van der Waals surface area (Å²) in [6, 6.07) is 7.37. The Morgan fingerprint density at radius 1 is 0.719 bits per heavy atom. The van der Waals surface area contributed by atoms with Crippen molar-refractivity contribution in [2.75, 3.05) is 71.8 Å². The van der Waals surface area contributed by atoms with Crippen LogP contribution in [-0.2, 0) is 28.5 Å². The summed E-state index contributed by atoms with van der Waals surface area (Å²) in [5.74, 6) is 0.526. The van der Waals surface area contributed by atoms with E-state index in [1.165, 1.54) is 19.3 Å². The third kappa shape index (κ3) is 16.8. The number of rotatable bonds is 22. The third-order valence-corrected chi connectivity index (χ3v) is 4.50. The molecule has 0 bridgehead atoms. The monoisotopic (exact) mass is 455 g/mol. The summed E-state index contributed by atoms with van der Waals surface area (Å²) in [5, 5.41) is 0. The van der Waals surface area contributed by atoms with Gasteiger partial charge in [-0.05, 0) is 18.6 Å². The fourth-order valence-corrected chi connectivity index (χ4v) is 2.74. The lowest BCUT2D eigenvalue weighted by molar-refractivity contribution is -0.145. The van der Waals surface area contributed by atoms with Crippen molar-refractivity contribution in [3.8, 4) is 5.75 Å². The van der Waals surface area contributed by atoms with Crippen molar-refractivity contribution >= 4 is 11.7 Å². The molecule has 184 valence electrons. The number of hydrogen-bond acceptors (Lipinski definition) is 8. The molecule has 0 saturated heterocycles. The van der Waals surface area contributed by atoms with E-state index in [1.54, 1.807) is 6.07 Å². The highest BCUT2D eigenvalue weighted by Crippen LogP contribution is 2.19. The Morgan fingerprint density at radius 3 is 1.84 bits per heavy atom. The first-order valence-electron chi connectivity index (χ1n) is 11.7. The molecule has 0 unspecified atom stereocenters. The molecule has 0 atom stereocenters. The number of carbonyl (C=O) groups is 1. The van der Waals surface area contributed by atoms with Crippen molar-refractivity contribution in [1.82, 2.24) is 0 Å². The number of ether oxygens (including phenoxy) is 6. The summed E-state index contributed by atoms with van der Waals surface area (Å²) in [7, 11) is 0. The Bertz CT molecular complexity index is 571. The molecule has 0 saturated carbocycles. The van der Waals surface area contributed by atoms with Gasteiger partial charge >= 0.3 is 5.97 Å². The summed E-state index contributed by atoms with van der Waals surface area (Å²) in [5.41, 5.74) is 6.41. The van der Waals surface area contributed by atoms with Gasteiger partial charge in [0.1, 0.15) is 19.0 Å². The molecule has 2 N–H and O–H groups in total. The fraction of sp³-hybridized carbons (Fsp3) is 0.708. The number of hydrogen-bond donors (Lipinski definition) is 1. The first-order chi connectivity index (χ1) is 15.7. The largest absolute Gasteiger partial charge is 0.489 e. The van der Waals surface area contributed by atoms with E-state index in [0.717, 1.165) is 12.8 Å². The van der Waals surface area contributed by atoms with Gasteiger partial charge in [0.25, 0.3) is 0 Å². The van der Waals surface area contributed by atoms with E-state index < -0.39 is 0 Å². The first kappa shape index (κ1) is 28.2. The average molecular weight is 456 g/mol. The van der Waals surface area contributed by atoms with Gasteiger partial charge in [0.15, 0.2) is 0 Å². The lowest BCUT2D eigenvalue weighted by Crippen LogP contribution is -2.15. The zero-order chi connectivity index (χ0) is 23.1. The molecule has 1 aromatic carbocycles. The van der Waals surface area contributed by atoms with Crippen molar-refractivity contribution in [3.05, 3.63) is 24.3 Å². The Kier molecular flexibility index (Phi) is 18.5. The van der Waals surface area contributed by atoms with Crippen molar-refractivity contribution in [2.24, 2.45) is 0 Å². The van der Waals surface area contributed by atoms with Crippen LogP contribution in [0.1, 0.15) is 45.4 Å². The van der Waals surface area contributed by atoms with E-state index in [1.807, 2.05) is 18.2 Å². The van der Waals surface area contributed by atoms with Crippen LogP contribution in [0, 0.1) is 0 Å². The number of esters is 1. The minimum atomic E-state index is -0.143. The molecule has 1 rings (SSSR count). The second kappa shape index (κ2) is 21.0. The van der Waals surface area contributed by atoms with Crippen LogP contribution in [0.25, 0.3) is 0 Å². The van der Waals surface area contributed by atoms with E-state index in [0.29, 0.717) is 83.9 Å². The molecule has 0 aromatic heterocycles. The molecule has 1 aromatic rings. The second-order valence-corrected chi connectivity index (χ2v) is 7.22. The number of anilines is 1. The number of para-hydroxylation sites is 2. The van der Waals surface area contributed by atoms with Gasteiger partial charge < -0.3 is 34.2 Å². The molecule has 0 radical (unpaired) electrons. The van der Waals surface area contributed by atoms with Gasteiger partial charge in [-0.1, -0.05) is 44.7 Å². The topological polar surface area (TPSA) is 98.5 Å². The summed E-state index contributed by atoms with van der Waals surface area (Å²) in [6.45, 7) is 6.69. The van der Waals surface area contributed by atoms with Gasteiger partial charge in [-0.3, -0.25) is 4.79 Å². The highest BCUT2D eigenvalue weighted by molar-refractivity contribution is 5.69. The standard InChI is InChI=1S/C24H41NO7/c1-2-3-4-5-6-11-24(26)32-21-19-30-17-15-28-13-12-27-14-16-29-18-20-31-23-10-8-7-9-22(23)25/h7-10H,2-6,11-21,25H2,1H3. The maximum atomic E-state index is 11.5. The summed E-state index contributed by atoms with van der Waals surface area (Å²) in [6.07, 6.45) is 6.11. The Morgan fingerprint density at radius 2 is 1.25 bits per heavy atom. The predicted molar refractivity (Wildman–Crippen MR) is 124 cm³/mol. The van der Waals surface area contributed by atoms with Gasteiger partial charge in [0.05, 0.1) is 58.5 Å². The van der Waals surface area contributed by atoms with Gasteiger partial charge in [0.2, 0.25) is 0 Å². The van der Waals surface area contributed by atoms with Crippen LogP contribution in [0.3, 0.4) is 0 Å². The highest BCUT2D eigenvalue weighted by Gasteiger charge is 2.02. The second-order valence-electron chi connectivity index (χ2n) is 7.22. The van der Waals surface area contributed by atoms with Crippen molar-refractivity contribution < 1.29 is 33.2 Å². The molecule has 0 spiro atoms. The van der Waals surface area contributed by atoms with Gasteiger partial charge in [0, 0.05) is 6.42 Å². The van der Waals surface area contributed by atoms with E-state index >= 15 is 0 Å². The molecule has 0 amide bonds. The lowest BCUT2D eigenvalue weighted by Gasteiger charge is -2.09. The van der Waals surface area contributed by atoms with E-state index in [-0.39, 0.29) is 5.97 Å². The smallest absolute Gasteiger partial charge is 0.305 e. The number of benzene rings is 1. The SMILES string of the molecule is CCCCCCCC(=O)OCCOCCOCCOCCOCCOc1ccccc1N. The van der Waals surface area contributed by atoms with Gasteiger partial charge in [-0.15, -0.1) is 0 Å². The quantitative estimate of drug-likeness (QED) is 0.161. The minimum Gasteiger partial charge on any atom is -0.489 e. The molecule has 0 aliphatic heterocycles. The van der Waals surface area contributed by atoms with Crippen LogP contribution >= 0.6 is 0 Å². The number of nitrogen functional groups attached to an aromatic ring is 1. The summed E-state index contributed by atoms with van der Waals surface area (Å²) in [4.78, 5) is 11.5. The molecule has 8 heteroatoms. The molecule has 32 heavy (non-hydrogen) atoms. The predicted octanol–water partition coefficient (Wildman–Crippen LogP) is 3.62. The van der Waals surface area contributed by atoms with Crippen LogP contribution in [0.4, 0.5) is 5.69 Å². The van der Waals surface area contributed by atoms with Gasteiger partial charge in [-0.25, -0.2) is 0 Å². The third-order valence-electron chi connectivity index (χ3n) is 4.50. The molecule has 0 aliphatic carbocycles. The number of carbonyl (C=O) groups excluding carboxylic acids is 1. The van der Waals surface area contributed by atoms with Gasteiger partial charge in [-0.2, -0.15) is 0 Å². The van der Waals surface area contributed by atoms with E-state index in [2.05, 4.69) is 6.92 Å². The number of unbranched alkanes of at least 4 members (excludes halogenated alkanes) is 4. The van der Waals surface area contributed by atoms with Crippen molar-refractivity contribution in [3.63, 3.8) is 0 Å². The average Bonchev–Trinajstić information content (AvgIpc) is 2.79. The van der Waals surface area contributed by atoms with Crippen LogP contribution in [-0.4, -0.2) is 72.0 Å². The Hall–Kier alpha value is -1.87. The molecule has 0 heterocycles. The van der Waals surface area contributed by atoms with Crippen LogP contribution in [0.2, 0.25) is 0 Å². The van der Waals surface area contributed by atoms with E-state index in [9.17, 15) is 4.79 Å². The van der Waals surface area contributed by atoms with E-state index in [4.69, 9.17) is 34.2 Å². The summed E-state index contributed by atoms with van der Waals surface area (Å²) < 4.78 is 32.3. The molecule has 0 fully saturated rings. The highest BCUT2D eigenvalue weighted by atomic mass is 16.6. The summed E-state index contributed by atoms with van der Waals surface area (Å²) >= 11 is 0. The molecule has 8 nitrogen and oxygen atoms in total. The number of nitrogens with two attached hydrogens (primary N) is 1. The minimum absolute atomic E-state index is 0.143. The fourth-order valence-electron chi connectivity index (χ4n) is 2.74. The normalized spacial score (nSPS) is 10.9. The maximum Gasteiger partial charge on any atom is 0.305 e. The van der Waals surface area contributed by atoms with Crippen molar-refractivity contribution in [2.45, 2.75) is 45.4 Å². The van der Waals surface area contributed by atoms with Crippen molar-refractivity contribution in [1.29, 1.82) is 0 Å². The molecule has 0 aliphatic rings. The first-order valence-corrected chi connectivity index (χ1v) is 11.7. The zero-order valence-electron chi connectivity index (χ0n) is 19.6. The Labute approximate surface area is 192 Å².